The van der Waals surface area contributed by atoms with E-state index < -0.39 is 0 Å². The van der Waals surface area contributed by atoms with Crippen LogP contribution in [0.4, 0.5) is 0 Å². The third-order valence-electron chi connectivity index (χ3n) is 4.50. The number of benzene rings is 2. The fourth-order valence-corrected chi connectivity index (χ4v) is 7.86. The molecule has 2 aromatic rings. The van der Waals surface area contributed by atoms with Crippen LogP contribution in [0, 0.1) is 0 Å². The van der Waals surface area contributed by atoms with Crippen molar-refractivity contribution in [3.8, 4) is 0 Å². The molecule has 0 atom stereocenters. The van der Waals surface area contributed by atoms with Crippen molar-refractivity contribution in [1.82, 2.24) is 0 Å². The van der Waals surface area contributed by atoms with Gasteiger partial charge in [-0.05, 0) is 27.4 Å². The summed E-state index contributed by atoms with van der Waals surface area (Å²) in [5.41, 5.74) is 7.76. The predicted molar refractivity (Wildman–Crippen MR) is 83.2 cm³/mol. The maximum atomic E-state index is 2.43. The van der Waals surface area contributed by atoms with Gasteiger partial charge in [0.25, 0.3) is 0 Å². The van der Waals surface area contributed by atoms with Gasteiger partial charge < -0.3 is 0 Å². The molecule has 0 aromatic heterocycles. The Balaban J connectivity index is 2.00. The molecule has 0 aliphatic carbocycles. The van der Waals surface area contributed by atoms with E-state index in [4.69, 9.17) is 0 Å². The van der Waals surface area contributed by atoms with Crippen LogP contribution < -0.4 is 0 Å². The minimum atomic E-state index is -0.0512. The highest BCUT2D eigenvalue weighted by atomic mass is 31.1. The van der Waals surface area contributed by atoms with Crippen LogP contribution in [-0.2, 0) is 0 Å². The van der Waals surface area contributed by atoms with Crippen LogP contribution >= 0.6 is 7.92 Å². The average Bonchev–Trinajstić information content (AvgIpc) is 2.91. The summed E-state index contributed by atoms with van der Waals surface area (Å²) in [7, 11) is -0.0512. The second-order valence-electron chi connectivity index (χ2n) is 6.64. The number of rotatable bonds is 0. The molecule has 2 aliphatic heterocycles. The first-order chi connectivity index (χ1) is 9.09. The Morgan fingerprint density at radius 2 is 1.00 bits per heavy atom. The SMILES string of the molecule is CC(C)(C)P1C2c3ccccc3C1c1ccccc12. The summed E-state index contributed by atoms with van der Waals surface area (Å²) in [6.45, 7) is 7.28. The van der Waals surface area contributed by atoms with Crippen molar-refractivity contribution in [3.63, 3.8) is 0 Å². The molecule has 2 aromatic carbocycles. The van der Waals surface area contributed by atoms with Gasteiger partial charge in [0, 0.05) is 11.3 Å². The Labute approximate surface area is 116 Å². The second kappa shape index (κ2) is 3.70. The molecule has 0 spiro atoms. The first kappa shape index (κ1) is 11.7. The Morgan fingerprint density at radius 3 is 1.26 bits per heavy atom. The van der Waals surface area contributed by atoms with E-state index in [1.807, 2.05) is 0 Å². The van der Waals surface area contributed by atoms with Gasteiger partial charge in [0.05, 0.1) is 0 Å². The molecule has 0 fully saturated rings. The van der Waals surface area contributed by atoms with E-state index in [1.54, 1.807) is 22.3 Å². The number of fused-ring (bicyclic) bond motifs is 8. The Morgan fingerprint density at radius 1 is 0.684 bits per heavy atom. The molecule has 0 N–H and O–H groups in total. The molecule has 2 heterocycles. The minimum absolute atomic E-state index is 0.0512. The zero-order valence-electron chi connectivity index (χ0n) is 11.7. The lowest BCUT2D eigenvalue weighted by molar-refractivity contribution is 0.774. The molecular weight excluding hydrogens is 247 g/mol. The van der Waals surface area contributed by atoms with Crippen LogP contribution in [0.3, 0.4) is 0 Å². The highest BCUT2D eigenvalue weighted by Gasteiger charge is 2.52. The van der Waals surface area contributed by atoms with Gasteiger partial charge in [-0.2, -0.15) is 0 Å². The molecule has 2 aliphatic rings. The van der Waals surface area contributed by atoms with E-state index in [9.17, 15) is 0 Å². The quantitative estimate of drug-likeness (QED) is 0.554. The summed E-state index contributed by atoms with van der Waals surface area (Å²) in [6, 6.07) is 18.3. The molecule has 0 amide bonds. The van der Waals surface area contributed by atoms with Crippen LogP contribution in [0.5, 0.6) is 0 Å². The van der Waals surface area contributed by atoms with Crippen LogP contribution in [0.25, 0.3) is 0 Å². The fourth-order valence-electron chi connectivity index (χ4n) is 3.88. The molecule has 1 heteroatoms. The first-order valence-corrected chi connectivity index (χ1v) is 8.53. The Bertz CT molecular complexity index is 553. The summed E-state index contributed by atoms with van der Waals surface area (Å²) in [6.07, 6.45) is 0. The largest absolute Gasteiger partial charge is 0.0766 e. The molecular formula is C18H19P. The van der Waals surface area contributed by atoms with Crippen molar-refractivity contribution in [3.05, 3.63) is 70.8 Å². The van der Waals surface area contributed by atoms with Gasteiger partial charge in [-0.3, -0.25) is 0 Å². The summed E-state index contributed by atoms with van der Waals surface area (Å²) >= 11 is 0. The molecule has 0 radical (unpaired) electrons. The Hall–Kier alpha value is -1.13. The minimum Gasteiger partial charge on any atom is -0.0766 e. The highest BCUT2D eigenvalue weighted by molar-refractivity contribution is 7.61. The van der Waals surface area contributed by atoms with E-state index >= 15 is 0 Å². The lowest BCUT2D eigenvalue weighted by Crippen LogP contribution is -2.12. The van der Waals surface area contributed by atoms with Crippen molar-refractivity contribution in [1.29, 1.82) is 0 Å². The third-order valence-corrected chi connectivity index (χ3v) is 8.28. The molecule has 96 valence electrons. The number of hydrogen-bond donors (Lipinski definition) is 0. The van der Waals surface area contributed by atoms with E-state index in [2.05, 4.69) is 69.3 Å². The zero-order chi connectivity index (χ0) is 13.2. The number of hydrogen-bond acceptors (Lipinski definition) is 0. The normalized spacial score (nSPS) is 27.2. The van der Waals surface area contributed by atoms with Crippen molar-refractivity contribution in [2.45, 2.75) is 37.2 Å². The molecule has 19 heavy (non-hydrogen) atoms. The van der Waals surface area contributed by atoms with Crippen molar-refractivity contribution in [2.24, 2.45) is 0 Å². The first-order valence-electron chi connectivity index (χ1n) is 7.05. The van der Waals surface area contributed by atoms with Gasteiger partial charge in [0.1, 0.15) is 0 Å². The van der Waals surface area contributed by atoms with Gasteiger partial charge in [-0.1, -0.05) is 77.2 Å². The topological polar surface area (TPSA) is 0 Å². The zero-order valence-corrected chi connectivity index (χ0v) is 12.6. The van der Waals surface area contributed by atoms with Crippen LogP contribution in [0.2, 0.25) is 0 Å². The average molecular weight is 266 g/mol. The standard InChI is InChI=1S/C18H19P/c1-18(2,3)19-16-12-8-4-5-9-13(12)17(19)15-11-7-6-10-14(15)16/h4-11,16-17H,1-3H3. The van der Waals surface area contributed by atoms with Gasteiger partial charge in [0.15, 0.2) is 0 Å². The Kier molecular flexibility index (Phi) is 2.28. The third kappa shape index (κ3) is 1.44. The van der Waals surface area contributed by atoms with Crippen molar-refractivity contribution in [2.75, 3.05) is 0 Å². The molecule has 0 nitrogen and oxygen atoms in total. The van der Waals surface area contributed by atoms with E-state index in [-0.39, 0.29) is 7.92 Å². The summed E-state index contributed by atoms with van der Waals surface area (Å²) in [5, 5.41) is 0.405. The van der Waals surface area contributed by atoms with Gasteiger partial charge in [-0.25, -0.2) is 0 Å². The van der Waals surface area contributed by atoms with Crippen LogP contribution in [0.1, 0.15) is 54.3 Å². The molecule has 0 saturated heterocycles. The van der Waals surface area contributed by atoms with Gasteiger partial charge in [-0.15, -0.1) is 0 Å². The molecule has 2 bridgehead atoms. The lowest BCUT2D eigenvalue weighted by Gasteiger charge is -2.32. The maximum absolute atomic E-state index is 2.43. The summed E-state index contributed by atoms with van der Waals surface area (Å²) in [4.78, 5) is 0. The molecule has 0 unspecified atom stereocenters. The van der Waals surface area contributed by atoms with E-state index in [0.29, 0.717) is 16.5 Å². The van der Waals surface area contributed by atoms with Crippen molar-refractivity contribution < 1.29 is 0 Å². The highest BCUT2D eigenvalue weighted by Crippen LogP contribution is 2.82. The summed E-state index contributed by atoms with van der Waals surface area (Å²) in [5.74, 6) is 0. The maximum Gasteiger partial charge on any atom is 0.0311 e. The van der Waals surface area contributed by atoms with Gasteiger partial charge in [0.2, 0.25) is 0 Å². The van der Waals surface area contributed by atoms with E-state index in [1.165, 1.54) is 0 Å². The summed E-state index contributed by atoms with van der Waals surface area (Å²) < 4.78 is 0. The molecule has 4 rings (SSSR count). The second-order valence-corrected chi connectivity index (χ2v) is 9.83. The van der Waals surface area contributed by atoms with Gasteiger partial charge >= 0.3 is 0 Å². The fraction of sp³-hybridized carbons (Fsp3) is 0.333. The lowest BCUT2D eigenvalue weighted by atomic mass is 9.86. The van der Waals surface area contributed by atoms with Crippen LogP contribution in [0.15, 0.2) is 48.5 Å². The van der Waals surface area contributed by atoms with E-state index in [0.717, 1.165) is 0 Å². The monoisotopic (exact) mass is 266 g/mol. The van der Waals surface area contributed by atoms with Crippen LogP contribution in [-0.4, -0.2) is 5.16 Å². The predicted octanol–water partition coefficient (Wildman–Crippen LogP) is 5.47. The molecule has 0 saturated carbocycles. The smallest absolute Gasteiger partial charge is 0.0311 e. The van der Waals surface area contributed by atoms with Crippen molar-refractivity contribution >= 4 is 7.92 Å².